The largest absolute Gasteiger partial charge is 0.433 e. The molecule has 1 aromatic carbocycles. The highest BCUT2D eigenvalue weighted by molar-refractivity contribution is 7.13. The summed E-state index contributed by atoms with van der Waals surface area (Å²) in [4.78, 5) is 19.5. The zero-order valence-electron chi connectivity index (χ0n) is 14.8. The zero-order valence-corrected chi connectivity index (χ0v) is 15.6. The van der Waals surface area contributed by atoms with Crippen LogP contribution < -0.4 is 9.64 Å². The number of rotatable bonds is 6. The molecule has 9 heteroatoms. The number of halogens is 2. The number of amides is 1. The topological polar surface area (TPSA) is 68.5 Å². The maximum absolute atomic E-state index is 12.8. The van der Waals surface area contributed by atoms with Gasteiger partial charge in [-0.15, -0.1) is 11.3 Å². The van der Waals surface area contributed by atoms with Gasteiger partial charge in [0.15, 0.2) is 0 Å². The monoisotopic (exact) mass is 405 g/mol. The molecule has 4 rings (SSSR count). The molecule has 0 saturated carbocycles. The van der Waals surface area contributed by atoms with Crippen molar-refractivity contribution in [2.24, 2.45) is 0 Å². The van der Waals surface area contributed by atoms with Gasteiger partial charge in [-0.3, -0.25) is 4.79 Å². The van der Waals surface area contributed by atoms with E-state index < -0.39 is 6.61 Å². The van der Waals surface area contributed by atoms with Gasteiger partial charge in [-0.05, 0) is 35.9 Å². The third-order valence-electron chi connectivity index (χ3n) is 4.46. The molecule has 1 aliphatic heterocycles. The van der Waals surface area contributed by atoms with Crippen LogP contribution in [0.3, 0.4) is 0 Å². The molecule has 0 fully saturated rings. The second kappa shape index (κ2) is 8.05. The van der Waals surface area contributed by atoms with Crippen molar-refractivity contribution in [1.29, 1.82) is 0 Å². The normalized spacial score (nSPS) is 13.6. The van der Waals surface area contributed by atoms with Crippen LogP contribution in [0.25, 0.3) is 10.7 Å². The van der Waals surface area contributed by atoms with Crippen LogP contribution in [0.15, 0.2) is 40.2 Å². The van der Waals surface area contributed by atoms with Crippen LogP contribution in [0.2, 0.25) is 0 Å². The number of thiophene rings is 1. The van der Waals surface area contributed by atoms with Gasteiger partial charge in [0, 0.05) is 19.4 Å². The quantitative estimate of drug-likeness (QED) is 0.611. The van der Waals surface area contributed by atoms with Gasteiger partial charge < -0.3 is 14.2 Å². The minimum absolute atomic E-state index is 0.0262. The van der Waals surface area contributed by atoms with Gasteiger partial charge in [0.25, 0.3) is 0 Å². The molecule has 0 unspecified atom stereocenters. The summed E-state index contributed by atoms with van der Waals surface area (Å²) in [6.45, 7) is -2.49. The standard InChI is InChI=1S/C19H17F2N3O3S/c20-19(21)26-13-6-1-4-12-5-2-10-24(17(12)13)16(25)9-8-15-22-18(23-27-15)14-7-3-11-28-14/h1,3-4,6-7,11,19H,2,5,8-10H2. The molecule has 0 saturated heterocycles. The number of carbonyl (C=O) groups is 1. The number of alkyl halides is 2. The van der Waals surface area contributed by atoms with E-state index in [2.05, 4.69) is 14.9 Å². The van der Waals surface area contributed by atoms with Crippen molar-refractivity contribution in [2.45, 2.75) is 32.3 Å². The molecule has 1 aliphatic rings. The molecule has 6 nitrogen and oxygen atoms in total. The van der Waals surface area contributed by atoms with Gasteiger partial charge in [0.05, 0.1) is 10.6 Å². The summed E-state index contributed by atoms with van der Waals surface area (Å²) in [5.74, 6) is 0.694. The Labute approximate surface area is 163 Å². The number of hydrogen-bond donors (Lipinski definition) is 0. The molecule has 1 amide bonds. The second-order valence-corrected chi connectivity index (χ2v) is 7.23. The number of anilines is 1. The number of ether oxygens (including phenoxy) is 1. The van der Waals surface area contributed by atoms with Crippen molar-refractivity contribution in [3.05, 3.63) is 47.2 Å². The molecule has 0 aliphatic carbocycles. The van der Waals surface area contributed by atoms with E-state index >= 15 is 0 Å². The Bertz CT molecular complexity index is 959. The maximum Gasteiger partial charge on any atom is 0.387 e. The van der Waals surface area contributed by atoms with Crippen molar-refractivity contribution in [1.82, 2.24) is 10.1 Å². The molecule has 0 spiro atoms. The third-order valence-corrected chi connectivity index (χ3v) is 5.33. The first-order chi connectivity index (χ1) is 13.6. The third kappa shape index (κ3) is 3.89. The van der Waals surface area contributed by atoms with Gasteiger partial charge in [0.1, 0.15) is 5.75 Å². The fourth-order valence-electron chi connectivity index (χ4n) is 3.27. The van der Waals surface area contributed by atoms with Crippen LogP contribution in [0, 0.1) is 0 Å². The minimum atomic E-state index is -2.94. The highest BCUT2D eigenvalue weighted by Crippen LogP contribution is 2.37. The number of nitrogens with zero attached hydrogens (tertiary/aromatic N) is 3. The molecule has 0 N–H and O–H groups in total. The molecule has 2 aromatic heterocycles. The van der Waals surface area contributed by atoms with Crippen LogP contribution in [0.4, 0.5) is 14.5 Å². The highest BCUT2D eigenvalue weighted by Gasteiger charge is 2.27. The molecule has 0 bridgehead atoms. The minimum Gasteiger partial charge on any atom is -0.433 e. The van der Waals surface area contributed by atoms with Crippen LogP contribution in [0.5, 0.6) is 5.75 Å². The van der Waals surface area contributed by atoms with Gasteiger partial charge in [0.2, 0.25) is 17.6 Å². The van der Waals surface area contributed by atoms with Gasteiger partial charge in [-0.1, -0.05) is 23.4 Å². The molecule has 3 aromatic rings. The predicted molar refractivity (Wildman–Crippen MR) is 99.7 cm³/mol. The van der Waals surface area contributed by atoms with Crippen molar-refractivity contribution in [3.63, 3.8) is 0 Å². The van der Waals surface area contributed by atoms with E-state index in [1.807, 2.05) is 23.6 Å². The summed E-state index contributed by atoms with van der Waals surface area (Å²) < 4.78 is 35.4. The highest BCUT2D eigenvalue weighted by atomic mass is 32.1. The van der Waals surface area contributed by atoms with Crippen molar-refractivity contribution in [2.75, 3.05) is 11.4 Å². The molecule has 0 radical (unpaired) electrons. The van der Waals surface area contributed by atoms with E-state index in [0.717, 1.165) is 16.9 Å². The van der Waals surface area contributed by atoms with Gasteiger partial charge in [-0.2, -0.15) is 13.8 Å². The van der Waals surface area contributed by atoms with E-state index in [-0.39, 0.29) is 24.5 Å². The summed E-state index contributed by atoms with van der Waals surface area (Å²) in [5.41, 5.74) is 1.26. The van der Waals surface area contributed by atoms with Gasteiger partial charge in [-0.25, -0.2) is 0 Å². The van der Waals surface area contributed by atoms with E-state index in [1.54, 1.807) is 6.07 Å². The summed E-state index contributed by atoms with van der Waals surface area (Å²) in [7, 11) is 0. The first kappa shape index (κ1) is 18.5. The van der Waals surface area contributed by atoms with Crippen molar-refractivity contribution in [3.8, 4) is 16.5 Å². The summed E-state index contributed by atoms with van der Waals surface area (Å²) >= 11 is 1.50. The summed E-state index contributed by atoms with van der Waals surface area (Å²) in [5, 5.41) is 5.85. The van der Waals surface area contributed by atoms with Crippen LogP contribution in [-0.2, 0) is 17.6 Å². The lowest BCUT2D eigenvalue weighted by molar-refractivity contribution is -0.118. The van der Waals surface area contributed by atoms with Crippen LogP contribution >= 0.6 is 11.3 Å². The number of benzene rings is 1. The zero-order chi connectivity index (χ0) is 19.5. The number of para-hydroxylation sites is 1. The number of aromatic nitrogens is 2. The Morgan fingerprint density at radius 1 is 1.32 bits per heavy atom. The molecule has 146 valence electrons. The first-order valence-electron chi connectivity index (χ1n) is 8.85. The molecule has 28 heavy (non-hydrogen) atoms. The van der Waals surface area contributed by atoms with Crippen LogP contribution in [0.1, 0.15) is 24.3 Å². The SMILES string of the molecule is O=C(CCc1nc(-c2cccs2)no1)N1CCCc2cccc(OC(F)F)c21. The van der Waals surface area contributed by atoms with Crippen molar-refractivity contribution >= 4 is 22.9 Å². The molecule has 3 heterocycles. The van der Waals surface area contributed by atoms with E-state index in [4.69, 9.17) is 4.52 Å². The number of aryl methyl sites for hydroxylation is 2. The molecule has 0 atom stereocenters. The Kier molecular flexibility index (Phi) is 5.34. The number of hydrogen-bond acceptors (Lipinski definition) is 6. The Morgan fingerprint density at radius 2 is 2.21 bits per heavy atom. The van der Waals surface area contributed by atoms with E-state index in [9.17, 15) is 13.6 Å². The molecular weight excluding hydrogens is 388 g/mol. The Balaban J connectivity index is 1.48. The average molecular weight is 405 g/mol. The Hall–Kier alpha value is -2.81. The average Bonchev–Trinajstić information content (AvgIpc) is 3.37. The smallest absolute Gasteiger partial charge is 0.387 e. The summed E-state index contributed by atoms with van der Waals surface area (Å²) in [6, 6.07) is 8.74. The number of carbonyl (C=O) groups excluding carboxylic acids is 1. The molecular formula is C19H17F2N3O3S. The van der Waals surface area contributed by atoms with Gasteiger partial charge >= 0.3 is 6.61 Å². The predicted octanol–water partition coefficient (Wildman–Crippen LogP) is 4.31. The second-order valence-electron chi connectivity index (χ2n) is 6.28. The summed E-state index contributed by atoms with van der Waals surface area (Å²) in [6.07, 6.45) is 1.89. The van der Waals surface area contributed by atoms with Crippen LogP contribution in [-0.4, -0.2) is 29.2 Å². The number of fused-ring (bicyclic) bond motifs is 1. The van der Waals surface area contributed by atoms with E-state index in [1.165, 1.54) is 22.3 Å². The first-order valence-corrected chi connectivity index (χ1v) is 9.73. The fraction of sp³-hybridized carbons (Fsp3) is 0.316. The fourth-order valence-corrected chi connectivity index (χ4v) is 3.92. The maximum atomic E-state index is 12.8. The Morgan fingerprint density at radius 3 is 3.00 bits per heavy atom. The van der Waals surface area contributed by atoms with E-state index in [0.29, 0.717) is 30.4 Å². The lowest BCUT2D eigenvalue weighted by atomic mass is 10.0. The lowest BCUT2D eigenvalue weighted by Crippen LogP contribution is -2.36. The van der Waals surface area contributed by atoms with Crippen molar-refractivity contribution < 1.29 is 22.8 Å². The lowest BCUT2D eigenvalue weighted by Gasteiger charge is -2.31.